The van der Waals surface area contributed by atoms with Gasteiger partial charge in [0.05, 0.1) is 0 Å². The fraction of sp³-hybridized carbons (Fsp3) is 0.882. The van der Waals surface area contributed by atoms with Crippen LogP contribution >= 0.6 is 0 Å². The van der Waals surface area contributed by atoms with E-state index in [1.54, 1.807) is 0 Å². The number of nitrogens with one attached hydrogen (secondary N) is 1. The molecule has 0 spiro atoms. The molecule has 0 aromatic carbocycles. The summed E-state index contributed by atoms with van der Waals surface area (Å²) in [4.78, 5) is 24.4. The molecule has 4 heteroatoms. The lowest BCUT2D eigenvalue weighted by molar-refractivity contribution is -0.160. The molecule has 4 nitrogen and oxygen atoms in total. The molecule has 0 aliphatic heterocycles. The summed E-state index contributed by atoms with van der Waals surface area (Å²) in [6, 6.07) is -0.555. The lowest BCUT2D eigenvalue weighted by atomic mass is 9.86. The van der Waals surface area contributed by atoms with Crippen LogP contribution in [0.3, 0.4) is 0 Å². The first-order valence-corrected chi connectivity index (χ1v) is 8.21. The monoisotopic (exact) mass is 297 g/mol. The van der Waals surface area contributed by atoms with Crippen molar-refractivity contribution in [2.24, 2.45) is 11.8 Å². The van der Waals surface area contributed by atoms with Crippen LogP contribution < -0.4 is 5.32 Å². The third-order valence-electron chi connectivity index (χ3n) is 3.84. The smallest absolute Gasteiger partial charge is 0.329 e. The molecule has 1 rings (SSSR count). The zero-order valence-electron chi connectivity index (χ0n) is 14.2. The van der Waals surface area contributed by atoms with Crippen LogP contribution in [-0.2, 0) is 14.3 Å². The highest BCUT2D eigenvalue weighted by Crippen LogP contribution is 2.26. The molecule has 0 saturated heterocycles. The van der Waals surface area contributed by atoms with Gasteiger partial charge in [-0.25, -0.2) is 4.79 Å². The van der Waals surface area contributed by atoms with Gasteiger partial charge >= 0.3 is 5.97 Å². The van der Waals surface area contributed by atoms with Gasteiger partial charge in [0.25, 0.3) is 0 Å². The molecule has 1 saturated carbocycles. The molecule has 1 amide bonds. The number of rotatable bonds is 5. The predicted octanol–water partition coefficient (Wildman–Crippen LogP) is 3.44. The molecule has 1 aliphatic rings. The summed E-state index contributed by atoms with van der Waals surface area (Å²) in [6.07, 6.45) is 6.52. The van der Waals surface area contributed by atoms with Crippen molar-refractivity contribution in [3.05, 3.63) is 0 Å². The molecule has 0 unspecified atom stereocenters. The third kappa shape index (κ3) is 6.96. The minimum Gasteiger partial charge on any atom is -0.458 e. The largest absolute Gasteiger partial charge is 0.458 e. The first-order valence-electron chi connectivity index (χ1n) is 8.21. The Labute approximate surface area is 129 Å². The summed E-state index contributed by atoms with van der Waals surface area (Å²) >= 11 is 0. The van der Waals surface area contributed by atoms with Crippen LogP contribution in [0, 0.1) is 11.8 Å². The second-order valence-corrected chi connectivity index (χ2v) is 7.53. The van der Waals surface area contributed by atoms with Crippen molar-refractivity contribution in [1.82, 2.24) is 5.32 Å². The molecule has 1 N–H and O–H groups in total. The van der Waals surface area contributed by atoms with E-state index < -0.39 is 11.6 Å². The van der Waals surface area contributed by atoms with Crippen LogP contribution in [0.15, 0.2) is 0 Å². The van der Waals surface area contributed by atoms with Crippen molar-refractivity contribution in [3.8, 4) is 0 Å². The normalized spacial score (nSPS) is 18.4. The van der Waals surface area contributed by atoms with Crippen LogP contribution in [0.25, 0.3) is 0 Å². The van der Waals surface area contributed by atoms with Crippen molar-refractivity contribution in [2.45, 2.75) is 84.8 Å². The van der Waals surface area contributed by atoms with E-state index in [2.05, 4.69) is 5.32 Å². The molecule has 0 heterocycles. The average molecular weight is 297 g/mol. The van der Waals surface area contributed by atoms with E-state index in [1.807, 2.05) is 34.6 Å². The van der Waals surface area contributed by atoms with Crippen molar-refractivity contribution in [1.29, 1.82) is 0 Å². The summed E-state index contributed by atoms with van der Waals surface area (Å²) in [5, 5.41) is 2.87. The highest BCUT2D eigenvalue weighted by molar-refractivity contribution is 5.84. The van der Waals surface area contributed by atoms with Gasteiger partial charge in [0.2, 0.25) is 5.91 Å². The minimum absolute atomic E-state index is 0.0218. The van der Waals surface area contributed by atoms with Gasteiger partial charge in [-0.2, -0.15) is 0 Å². The van der Waals surface area contributed by atoms with Crippen molar-refractivity contribution in [2.75, 3.05) is 0 Å². The van der Waals surface area contributed by atoms with Gasteiger partial charge in [-0.1, -0.05) is 33.1 Å². The summed E-state index contributed by atoms with van der Waals surface area (Å²) in [5.74, 6) is 0.140. The van der Waals surface area contributed by atoms with Gasteiger partial charge in [0, 0.05) is 6.42 Å². The van der Waals surface area contributed by atoms with E-state index in [4.69, 9.17) is 4.74 Å². The molecule has 0 bridgehead atoms. The molecule has 0 aromatic heterocycles. The second-order valence-electron chi connectivity index (χ2n) is 7.53. The zero-order chi connectivity index (χ0) is 16.0. The predicted molar refractivity (Wildman–Crippen MR) is 83.8 cm³/mol. The molecule has 0 aromatic rings. The van der Waals surface area contributed by atoms with Crippen LogP contribution in [0.5, 0.6) is 0 Å². The maximum Gasteiger partial charge on any atom is 0.329 e. The Balaban J connectivity index is 2.52. The molecule has 21 heavy (non-hydrogen) atoms. The minimum atomic E-state index is -0.555. The maximum atomic E-state index is 12.2. The molecular formula is C17H31NO3. The quantitative estimate of drug-likeness (QED) is 0.791. The van der Waals surface area contributed by atoms with Crippen molar-refractivity contribution in [3.63, 3.8) is 0 Å². The molecule has 1 fully saturated rings. The fourth-order valence-electron chi connectivity index (χ4n) is 2.75. The Bertz CT molecular complexity index is 352. The Morgan fingerprint density at radius 1 is 1.14 bits per heavy atom. The lowest BCUT2D eigenvalue weighted by Crippen LogP contribution is -2.47. The number of hydrogen-bond acceptors (Lipinski definition) is 3. The summed E-state index contributed by atoms with van der Waals surface area (Å²) in [6.45, 7) is 9.37. The summed E-state index contributed by atoms with van der Waals surface area (Å²) < 4.78 is 5.40. The highest BCUT2D eigenvalue weighted by Gasteiger charge is 2.29. The Hall–Kier alpha value is -1.06. The number of carbonyl (C=O) groups is 2. The Morgan fingerprint density at radius 3 is 2.19 bits per heavy atom. The zero-order valence-corrected chi connectivity index (χ0v) is 14.2. The van der Waals surface area contributed by atoms with Crippen molar-refractivity contribution >= 4 is 11.9 Å². The average Bonchev–Trinajstić information content (AvgIpc) is 2.34. The fourth-order valence-corrected chi connectivity index (χ4v) is 2.75. The molecule has 122 valence electrons. The van der Waals surface area contributed by atoms with Gasteiger partial charge in [-0.3, -0.25) is 4.79 Å². The van der Waals surface area contributed by atoms with Crippen LogP contribution in [0.1, 0.15) is 73.1 Å². The third-order valence-corrected chi connectivity index (χ3v) is 3.84. The Kier molecular flexibility index (Phi) is 6.69. The standard InChI is InChI=1S/C17H31NO3/c1-12(2)15(16(20)21-17(3,4)5)18-14(19)11-13-9-7-6-8-10-13/h12-13,15H,6-11H2,1-5H3,(H,18,19)/t15-/m1/s1. The molecule has 1 atom stereocenters. The van der Waals surface area contributed by atoms with Gasteiger partial charge in [0.15, 0.2) is 0 Å². The summed E-state index contributed by atoms with van der Waals surface area (Å²) in [5.41, 5.74) is -0.529. The van der Waals surface area contributed by atoms with Gasteiger partial charge in [-0.15, -0.1) is 0 Å². The topological polar surface area (TPSA) is 55.4 Å². The number of hydrogen-bond donors (Lipinski definition) is 1. The van der Waals surface area contributed by atoms with Crippen molar-refractivity contribution < 1.29 is 14.3 Å². The first-order chi connectivity index (χ1) is 9.69. The lowest BCUT2D eigenvalue weighted by Gasteiger charge is -2.27. The number of carbonyl (C=O) groups excluding carboxylic acids is 2. The number of esters is 1. The van der Waals surface area contributed by atoms with E-state index in [1.165, 1.54) is 19.3 Å². The van der Waals surface area contributed by atoms with Gasteiger partial charge < -0.3 is 10.1 Å². The first kappa shape index (κ1) is 18.0. The van der Waals surface area contributed by atoms with E-state index in [0.717, 1.165) is 12.8 Å². The van der Waals surface area contributed by atoms with Gasteiger partial charge in [0.1, 0.15) is 11.6 Å². The second kappa shape index (κ2) is 7.81. The summed E-state index contributed by atoms with van der Waals surface area (Å²) in [7, 11) is 0. The SMILES string of the molecule is CC(C)[C@@H](NC(=O)CC1CCCCC1)C(=O)OC(C)(C)C. The molecule has 1 aliphatic carbocycles. The molecule has 0 radical (unpaired) electrons. The van der Waals surface area contributed by atoms with Crippen LogP contribution in [0.4, 0.5) is 0 Å². The number of ether oxygens (including phenoxy) is 1. The highest BCUT2D eigenvalue weighted by atomic mass is 16.6. The van der Waals surface area contributed by atoms with E-state index in [0.29, 0.717) is 12.3 Å². The van der Waals surface area contributed by atoms with Gasteiger partial charge in [-0.05, 0) is 45.4 Å². The number of amides is 1. The maximum absolute atomic E-state index is 12.2. The van der Waals surface area contributed by atoms with E-state index in [-0.39, 0.29) is 17.8 Å². The molecular weight excluding hydrogens is 266 g/mol. The van der Waals surface area contributed by atoms with Crippen LogP contribution in [0.2, 0.25) is 0 Å². The van der Waals surface area contributed by atoms with Crippen LogP contribution in [-0.4, -0.2) is 23.5 Å². The van der Waals surface area contributed by atoms with E-state index >= 15 is 0 Å². The van der Waals surface area contributed by atoms with E-state index in [9.17, 15) is 9.59 Å². The Morgan fingerprint density at radius 2 is 1.71 bits per heavy atom.